The van der Waals surface area contributed by atoms with Crippen LogP contribution in [0.2, 0.25) is 0 Å². The fourth-order valence-electron chi connectivity index (χ4n) is 4.35. The van der Waals surface area contributed by atoms with Gasteiger partial charge in [-0.15, -0.1) is 0 Å². The average molecular weight is 453 g/mol. The highest BCUT2D eigenvalue weighted by Gasteiger charge is 2.37. The normalized spacial score (nSPS) is 14.0. The van der Waals surface area contributed by atoms with Crippen LogP contribution in [0, 0.1) is 31.1 Å². The number of nitrogens with one attached hydrogen (secondary N) is 1. The Hall–Kier alpha value is -4.45. The minimum Gasteiger partial charge on any atom is -0.382 e. The van der Waals surface area contributed by atoms with Gasteiger partial charge in [0.2, 0.25) is 5.95 Å². The Bertz CT molecular complexity index is 1530. The lowest BCUT2D eigenvalue weighted by atomic mass is 10.1. The molecule has 0 amide bonds. The molecular weight excluding hydrogens is 428 g/mol. The van der Waals surface area contributed by atoms with Crippen molar-refractivity contribution in [2.75, 3.05) is 16.8 Å². The first-order valence-electron chi connectivity index (χ1n) is 11.1. The van der Waals surface area contributed by atoms with E-state index in [0.29, 0.717) is 16.7 Å². The van der Waals surface area contributed by atoms with Crippen LogP contribution in [-0.2, 0) is 0 Å². The van der Waals surface area contributed by atoms with Crippen LogP contribution in [0.3, 0.4) is 0 Å². The Morgan fingerprint density at radius 2 is 1.79 bits per heavy atom. The van der Waals surface area contributed by atoms with Crippen LogP contribution in [0.1, 0.15) is 41.4 Å². The summed E-state index contributed by atoms with van der Waals surface area (Å²) in [5.74, 6) is 0.963. The van der Waals surface area contributed by atoms with Crippen molar-refractivity contribution in [2.45, 2.75) is 32.7 Å². The van der Waals surface area contributed by atoms with Crippen molar-refractivity contribution < 1.29 is 0 Å². The number of aryl methyl sites for hydroxylation is 2. The second-order valence-corrected chi connectivity index (χ2v) is 8.63. The molecule has 0 bridgehead atoms. The summed E-state index contributed by atoms with van der Waals surface area (Å²) in [6, 6.07) is 15.0. The summed E-state index contributed by atoms with van der Waals surface area (Å²) in [6.07, 6.45) is 1.90. The molecule has 2 heterocycles. The molecule has 2 aromatic heterocycles. The number of nitrogens with two attached hydrogens (primary N) is 2. The highest BCUT2D eigenvalue weighted by Crippen LogP contribution is 2.43. The number of hydrogen-bond acceptors (Lipinski definition) is 8. The quantitative estimate of drug-likeness (QED) is 0.417. The van der Waals surface area contributed by atoms with Gasteiger partial charge in [-0.05, 0) is 55.9 Å². The Kier molecular flexibility index (Phi) is 5.13. The van der Waals surface area contributed by atoms with Crippen molar-refractivity contribution in [3.63, 3.8) is 0 Å². The third-order valence-corrected chi connectivity index (χ3v) is 6.22. The van der Waals surface area contributed by atoms with Crippen LogP contribution in [0.4, 0.5) is 17.6 Å². The van der Waals surface area contributed by atoms with Gasteiger partial charge in [-0.2, -0.15) is 15.2 Å². The predicted molar refractivity (Wildman–Crippen MR) is 131 cm³/mol. The molecule has 0 radical (unpaired) electrons. The number of para-hydroxylation sites is 1. The van der Waals surface area contributed by atoms with Crippen LogP contribution in [0.25, 0.3) is 16.6 Å². The number of fused-ring (bicyclic) bond motifs is 1. The number of nitrogens with zero attached hydrogens (tertiary/aromatic N) is 5. The zero-order valence-electron chi connectivity index (χ0n) is 18.9. The van der Waals surface area contributed by atoms with Crippen molar-refractivity contribution in [3.8, 4) is 11.8 Å². The number of aromatic nitrogens is 4. The van der Waals surface area contributed by atoms with Crippen molar-refractivity contribution in [1.82, 2.24) is 19.5 Å². The van der Waals surface area contributed by atoms with Gasteiger partial charge in [0, 0.05) is 0 Å². The van der Waals surface area contributed by atoms with E-state index in [1.165, 1.54) is 0 Å². The topological polar surface area (TPSA) is 149 Å². The van der Waals surface area contributed by atoms with Gasteiger partial charge in [-0.1, -0.05) is 30.3 Å². The molecule has 9 nitrogen and oxygen atoms in total. The van der Waals surface area contributed by atoms with Gasteiger partial charge >= 0.3 is 0 Å². The maximum absolute atomic E-state index is 13.9. The van der Waals surface area contributed by atoms with Crippen molar-refractivity contribution in [3.05, 3.63) is 75.3 Å². The number of nitrogen functional groups attached to an aromatic ring is 2. The van der Waals surface area contributed by atoms with Gasteiger partial charge in [-0.25, -0.2) is 4.98 Å². The van der Waals surface area contributed by atoms with Gasteiger partial charge in [-0.3, -0.25) is 9.36 Å². The molecule has 2 aromatic carbocycles. The second-order valence-electron chi connectivity index (χ2n) is 8.63. The van der Waals surface area contributed by atoms with E-state index in [2.05, 4.69) is 21.4 Å². The number of benzene rings is 2. The summed E-state index contributed by atoms with van der Waals surface area (Å²) in [4.78, 5) is 27.1. The maximum Gasteiger partial charge on any atom is 0.266 e. The minimum atomic E-state index is -0.391. The third kappa shape index (κ3) is 3.59. The molecule has 34 heavy (non-hydrogen) atoms. The van der Waals surface area contributed by atoms with E-state index >= 15 is 0 Å². The molecule has 5 rings (SSSR count). The van der Waals surface area contributed by atoms with Crippen LogP contribution in [0.5, 0.6) is 0 Å². The fourth-order valence-corrected chi connectivity index (χ4v) is 4.35. The molecule has 0 saturated heterocycles. The van der Waals surface area contributed by atoms with Gasteiger partial charge in [0.05, 0.1) is 22.6 Å². The zero-order chi connectivity index (χ0) is 24.0. The Labute approximate surface area is 196 Å². The molecule has 9 heteroatoms. The first-order valence-corrected chi connectivity index (χ1v) is 11.1. The molecule has 4 aromatic rings. The van der Waals surface area contributed by atoms with Crippen LogP contribution >= 0.6 is 0 Å². The van der Waals surface area contributed by atoms with Crippen molar-refractivity contribution in [2.24, 2.45) is 5.92 Å². The van der Waals surface area contributed by atoms with E-state index in [9.17, 15) is 10.1 Å². The van der Waals surface area contributed by atoms with Crippen molar-refractivity contribution in [1.29, 1.82) is 5.26 Å². The lowest BCUT2D eigenvalue weighted by Gasteiger charge is -2.24. The van der Waals surface area contributed by atoms with Gasteiger partial charge in [0.15, 0.2) is 5.82 Å². The predicted octanol–water partition coefficient (Wildman–Crippen LogP) is 3.39. The standard InChI is InChI=1S/C25H24N8O/c1-13-6-3-4-9-18(13)33-23(29-17-8-5-7-14(2)19(17)24(33)34)20(15-10-11-15)30-22-16(12-26)21(27)31-25(28)32-22/h3-9,15,20H,10-11H2,1-2H3,(H5,27,28,30,31,32)/t20-/m0/s1. The van der Waals surface area contributed by atoms with E-state index in [4.69, 9.17) is 16.5 Å². The van der Waals surface area contributed by atoms with Gasteiger partial charge < -0.3 is 16.8 Å². The summed E-state index contributed by atoms with van der Waals surface area (Å²) >= 11 is 0. The molecule has 0 spiro atoms. The molecule has 1 saturated carbocycles. The third-order valence-electron chi connectivity index (χ3n) is 6.22. The molecule has 1 aliphatic carbocycles. The average Bonchev–Trinajstić information content (AvgIpc) is 3.63. The fraction of sp³-hybridized carbons (Fsp3) is 0.240. The minimum absolute atomic E-state index is 0.00503. The van der Waals surface area contributed by atoms with Crippen molar-refractivity contribution >= 4 is 28.5 Å². The summed E-state index contributed by atoms with van der Waals surface area (Å²) in [5.41, 5.74) is 14.9. The van der Waals surface area contributed by atoms with Crippen LogP contribution in [-0.4, -0.2) is 19.5 Å². The monoisotopic (exact) mass is 452 g/mol. The lowest BCUT2D eigenvalue weighted by molar-refractivity contribution is 0.608. The van der Waals surface area contributed by atoms with Crippen LogP contribution < -0.4 is 22.3 Å². The molecule has 1 atom stereocenters. The zero-order valence-corrected chi connectivity index (χ0v) is 18.9. The molecule has 0 unspecified atom stereocenters. The largest absolute Gasteiger partial charge is 0.382 e. The number of anilines is 3. The number of rotatable bonds is 5. The molecule has 1 fully saturated rings. The van der Waals surface area contributed by atoms with E-state index in [0.717, 1.165) is 29.7 Å². The SMILES string of the molecule is Cc1ccccc1-n1c([C@@H](Nc2nc(N)nc(N)c2C#N)C2CC2)nc2cccc(C)c2c1=O. The Morgan fingerprint density at radius 1 is 1.06 bits per heavy atom. The summed E-state index contributed by atoms with van der Waals surface area (Å²) in [7, 11) is 0. The molecular formula is C25H24N8O. The van der Waals surface area contributed by atoms with Gasteiger partial charge in [0.1, 0.15) is 23.3 Å². The highest BCUT2D eigenvalue weighted by molar-refractivity contribution is 5.81. The first kappa shape index (κ1) is 21.4. The first-order chi connectivity index (χ1) is 16.4. The lowest BCUT2D eigenvalue weighted by Crippen LogP contribution is -2.30. The summed E-state index contributed by atoms with van der Waals surface area (Å²) in [5, 5.41) is 13.6. The number of nitriles is 1. The molecule has 0 aliphatic heterocycles. The summed E-state index contributed by atoms with van der Waals surface area (Å²) in [6.45, 7) is 3.88. The van der Waals surface area contributed by atoms with E-state index in [-0.39, 0.29) is 34.6 Å². The highest BCUT2D eigenvalue weighted by atomic mass is 16.1. The molecule has 170 valence electrons. The maximum atomic E-state index is 13.9. The van der Waals surface area contributed by atoms with Crippen LogP contribution in [0.15, 0.2) is 47.3 Å². The molecule has 5 N–H and O–H groups in total. The Balaban J connectivity index is 1.79. The van der Waals surface area contributed by atoms with Gasteiger partial charge in [0.25, 0.3) is 5.56 Å². The smallest absolute Gasteiger partial charge is 0.266 e. The Morgan fingerprint density at radius 3 is 2.50 bits per heavy atom. The van der Waals surface area contributed by atoms with E-state index in [1.54, 1.807) is 4.57 Å². The van der Waals surface area contributed by atoms with E-state index in [1.807, 2.05) is 56.3 Å². The van der Waals surface area contributed by atoms with E-state index < -0.39 is 6.04 Å². The number of hydrogen-bond donors (Lipinski definition) is 3. The second kappa shape index (κ2) is 8.15. The molecule has 1 aliphatic rings. The summed E-state index contributed by atoms with van der Waals surface area (Å²) < 4.78 is 1.68.